The Morgan fingerprint density at radius 1 is 1.24 bits per heavy atom. The van der Waals surface area contributed by atoms with E-state index in [0.717, 1.165) is 22.6 Å². The highest BCUT2D eigenvalue weighted by molar-refractivity contribution is 5.50. The molecule has 86 valence electrons. The molecule has 0 bridgehead atoms. The van der Waals surface area contributed by atoms with Gasteiger partial charge in [0.25, 0.3) is 0 Å². The van der Waals surface area contributed by atoms with Crippen LogP contribution in [0.4, 0.5) is 0 Å². The van der Waals surface area contributed by atoms with Gasteiger partial charge < -0.3 is 0 Å². The third-order valence-corrected chi connectivity index (χ3v) is 2.92. The second kappa shape index (κ2) is 4.02. The van der Waals surface area contributed by atoms with Crippen LogP contribution in [0.2, 0.25) is 0 Å². The maximum atomic E-state index is 9.23. The second-order valence-corrected chi connectivity index (χ2v) is 4.18. The average molecular weight is 226 g/mol. The lowest BCUT2D eigenvalue weighted by atomic mass is 10.1. The minimum atomic E-state index is 0.608. The van der Waals surface area contributed by atoms with Gasteiger partial charge in [-0.2, -0.15) is 5.26 Å². The first kappa shape index (κ1) is 11.3. The summed E-state index contributed by atoms with van der Waals surface area (Å²) in [4.78, 5) is 8.69. The Morgan fingerprint density at radius 3 is 2.47 bits per heavy atom. The number of imidazole rings is 1. The predicted molar refractivity (Wildman–Crippen MR) is 65.0 cm³/mol. The molecular formula is C13H14N4. The van der Waals surface area contributed by atoms with Crippen molar-refractivity contribution in [3.05, 3.63) is 40.6 Å². The Labute approximate surface area is 101 Å². The third kappa shape index (κ3) is 1.80. The standard InChI is InChI=1S/C13H14N4/c1-8-5-9(2)16-13(12(8)6-14)17-7-15-10(3)11(17)4/h5,7H,1-4H3. The maximum absolute atomic E-state index is 9.23. The number of pyridine rings is 1. The van der Waals surface area contributed by atoms with Crippen molar-refractivity contribution in [1.82, 2.24) is 14.5 Å². The van der Waals surface area contributed by atoms with Gasteiger partial charge in [0.1, 0.15) is 12.4 Å². The molecule has 0 aromatic carbocycles. The summed E-state index contributed by atoms with van der Waals surface area (Å²) in [5.74, 6) is 0.670. The number of aryl methyl sites for hydroxylation is 3. The zero-order valence-electron chi connectivity index (χ0n) is 10.4. The quantitative estimate of drug-likeness (QED) is 0.750. The predicted octanol–water partition coefficient (Wildman–Crippen LogP) is 2.37. The fraction of sp³-hybridized carbons (Fsp3) is 0.308. The van der Waals surface area contributed by atoms with E-state index in [1.165, 1.54) is 0 Å². The molecule has 0 atom stereocenters. The molecule has 0 saturated carbocycles. The van der Waals surface area contributed by atoms with Crippen molar-refractivity contribution in [2.24, 2.45) is 0 Å². The maximum Gasteiger partial charge on any atom is 0.156 e. The van der Waals surface area contributed by atoms with E-state index in [4.69, 9.17) is 0 Å². The summed E-state index contributed by atoms with van der Waals surface area (Å²) >= 11 is 0. The van der Waals surface area contributed by atoms with E-state index in [1.54, 1.807) is 6.33 Å². The van der Waals surface area contributed by atoms with Crippen molar-refractivity contribution in [1.29, 1.82) is 5.26 Å². The smallest absolute Gasteiger partial charge is 0.156 e. The Kier molecular flexibility index (Phi) is 2.68. The van der Waals surface area contributed by atoms with Gasteiger partial charge in [-0.05, 0) is 39.3 Å². The van der Waals surface area contributed by atoms with E-state index in [0.29, 0.717) is 11.4 Å². The van der Waals surface area contributed by atoms with Crippen LogP contribution in [-0.2, 0) is 0 Å². The minimum Gasteiger partial charge on any atom is -0.286 e. The van der Waals surface area contributed by atoms with E-state index in [-0.39, 0.29) is 0 Å². The van der Waals surface area contributed by atoms with E-state index < -0.39 is 0 Å². The van der Waals surface area contributed by atoms with E-state index >= 15 is 0 Å². The van der Waals surface area contributed by atoms with E-state index in [2.05, 4.69) is 16.0 Å². The Hall–Kier alpha value is -2.15. The van der Waals surface area contributed by atoms with Crippen LogP contribution in [0.1, 0.15) is 28.2 Å². The highest BCUT2D eigenvalue weighted by Gasteiger charge is 2.13. The van der Waals surface area contributed by atoms with Crippen LogP contribution in [0.25, 0.3) is 5.82 Å². The monoisotopic (exact) mass is 226 g/mol. The van der Waals surface area contributed by atoms with Gasteiger partial charge in [0.2, 0.25) is 0 Å². The summed E-state index contributed by atoms with van der Waals surface area (Å²) in [6.45, 7) is 7.77. The largest absolute Gasteiger partial charge is 0.286 e. The molecule has 2 rings (SSSR count). The lowest BCUT2D eigenvalue weighted by Gasteiger charge is -2.09. The molecule has 0 spiro atoms. The number of nitrogens with zero attached hydrogens (tertiary/aromatic N) is 4. The van der Waals surface area contributed by atoms with Crippen molar-refractivity contribution < 1.29 is 0 Å². The first-order valence-corrected chi connectivity index (χ1v) is 5.44. The van der Waals surface area contributed by atoms with Crippen LogP contribution in [-0.4, -0.2) is 14.5 Å². The minimum absolute atomic E-state index is 0.608. The molecule has 4 heteroatoms. The number of nitriles is 1. The van der Waals surface area contributed by atoms with Gasteiger partial charge in [-0.15, -0.1) is 0 Å². The SMILES string of the molecule is Cc1cc(C)c(C#N)c(-n2cnc(C)c2C)n1. The van der Waals surface area contributed by atoms with E-state index in [1.807, 2.05) is 38.3 Å². The summed E-state index contributed by atoms with van der Waals surface area (Å²) in [6.07, 6.45) is 1.72. The van der Waals surface area contributed by atoms with Crippen LogP contribution in [0.15, 0.2) is 12.4 Å². The number of rotatable bonds is 1. The lowest BCUT2D eigenvalue weighted by molar-refractivity contribution is 0.927. The Balaban J connectivity index is 2.76. The van der Waals surface area contributed by atoms with Gasteiger partial charge in [0, 0.05) is 11.4 Å². The molecule has 2 aromatic heterocycles. The van der Waals surface area contributed by atoms with Crippen LogP contribution < -0.4 is 0 Å². The zero-order valence-corrected chi connectivity index (χ0v) is 10.4. The molecule has 0 aliphatic carbocycles. The molecule has 0 aliphatic rings. The molecule has 0 aliphatic heterocycles. The molecule has 0 saturated heterocycles. The Morgan fingerprint density at radius 2 is 1.94 bits per heavy atom. The van der Waals surface area contributed by atoms with Crippen LogP contribution in [0.5, 0.6) is 0 Å². The summed E-state index contributed by atoms with van der Waals surface area (Å²) in [7, 11) is 0. The number of hydrogen-bond donors (Lipinski definition) is 0. The molecule has 0 radical (unpaired) electrons. The first-order valence-electron chi connectivity index (χ1n) is 5.44. The van der Waals surface area contributed by atoms with Crippen LogP contribution in [0, 0.1) is 39.0 Å². The van der Waals surface area contributed by atoms with Gasteiger partial charge in [0.05, 0.1) is 11.3 Å². The fourth-order valence-electron chi connectivity index (χ4n) is 1.84. The van der Waals surface area contributed by atoms with Gasteiger partial charge in [0.15, 0.2) is 5.82 Å². The molecule has 17 heavy (non-hydrogen) atoms. The highest BCUT2D eigenvalue weighted by Crippen LogP contribution is 2.19. The molecule has 4 nitrogen and oxygen atoms in total. The van der Waals surface area contributed by atoms with Crippen molar-refractivity contribution in [2.45, 2.75) is 27.7 Å². The molecular weight excluding hydrogens is 212 g/mol. The van der Waals surface area contributed by atoms with Crippen LogP contribution in [0.3, 0.4) is 0 Å². The average Bonchev–Trinajstić information content (AvgIpc) is 2.59. The van der Waals surface area contributed by atoms with Gasteiger partial charge in [-0.3, -0.25) is 4.57 Å². The highest BCUT2D eigenvalue weighted by atomic mass is 15.1. The number of aromatic nitrogens is 3. The molecule has 0 fully saturated rings. The van der Waals surface area contributed by atoms with E-state index in [9.17, 15) is 5.26 Å². The topological polar surface area (TPSA) is 54.5 Å². The normalized spacial score (nSPS) is 10.3. The molecule has 0 N–H and O–H groups in total. The third-order valence-electron chi connectivity index (χ3n) is 2.92. The first-order chi connectivity index (χ1) is 8.04. The summed E-state index contributed by atoms with van der Waals surface area (Å²) < 4.78 is 1.87. The lowest BCUT2D eigenvalue weighted by Crippen LogP contribution is -2.05. The summed E-state index contributed by atoms with van der Waals surface area (Å²) in [6, 6.07) is 4.13. The van der Waals surface area contributed by atoms with Crippen molar-refractivity contribution in [3.63, 3.8) is 0 Å². The summed E-state index contributed by atoms with van der Waals surface area (Å²) in [5, 5.41) is 9.23. The van der Waals surface area contributed by atoms with Gasteiger partial charge >= 0.3 is 0 Å². The van der Waals surface area contributed by atoms with Gasteiger partial charge in [-0.1, -0.05) is 0 Å². The van der Waals surface area contributed by atoms with Gasteiger partial charge in [-0.25, -0.2) is 9.97 Å². The summed E-state index contributed by atoms with van der Waals surface area (Å²) in [5.41, 5.74) is 4.42. The van der Waals surface area contributed by atoms with Crippen molar-refractivity contribution in [2.75, 3.05) is 0 Å². The fourth-order valence-corrected chi connectivity index (χ4v) is 1.84. The van der Waals surface area contributed by atoms with Crippen molar-refractivity contribution >= 4 is 0 Å². The number of hydrogen-bond acceptors (Lipinski definition) is 3. The molecule has 0 unspecified atom stereocenters. The Bertz CT molecular complexity index is 617. The second-order valence-electron chi connectivity index (χ2n) is 4.18. The molecule has 2 heterocycles. The zero-order chi connectivity index (χ0) is 12.6. The molecule has 0 amide bonds. The van der Waals surface area contributed by atoms with Crippen LogP contribution >= 0.6 is 0 Å². The van der Waals surface area contributed by atoms with Crippen molar-refractivity contribution in [3.8, 4) is 11.9 Å². The molecule has 2 aromatic rings.